The smallest absolute Gasteiger partial charge is 0.257 e. The Kier molecular flexibility index (Phi) is 5.53. The van der Waals surface area contributed by atoms with E-state index in [9.17, 15) is 18.7 Å². The summed E-state index contributed by atoms with van der Waals surface area (Å²) < 4.78 is 24.8. The summed E-state index contributed by atoms with van der Waals surface area (Å²) in [5.41, 5.74) is 0.837. The van der Waals surface area contributed by atoms with Crippen LogP contribution in [0.1, 0.15) is 15.9 Å². The van der Waals surface area contributed by atoms with Crippen molar-refractivity contribution in [3.63, 3.8) is 0 Å². The molecule has 1 N–H and O–H groups in total. The summed E-state index contributed by atoms with van der Waals surface area (Å²) in [4.78, 5) is 13.1. The highest BCUT2D eigenvalue weighted by molar-refractivity contribution is 9.09. The van der Waals surface area contributed by atoms with Crippen LogP contribution in [0.2, 0.25) is 0 Å². The van der Waals surface area contributed by atoms with Crippen LogP contribution in [0.3, 0.4) is 0 Å². The van der Waals surface area contributed by atoms with E-state index < -0.39 is 18.9 Å². The lowest BCUT2D eigenvalue weighted by Gasteiger charge is -2.21. The summed E-state index contributed by atoms with van der Waals surface area (Å²) in [6.45, 7) is 1.28. The largest absolute Gasteiger partial charge is 0.507 e. The number of aryl methyl sites for hydroxylation is 1. The Bertz CT molecular complexity index is 427. The first-order valence-corrected chi connectivity index (χ1v) is 6.51. The molecule has 0 spiro atoms. The highest BCUT2D eigenvalue weighted by atomic mass is 79.9. The van der Waals surface area contributed by atoms with Crippen LogP contribution in [0.4, 0.5) is 8.78 Å². The van der Waals surface area contributed by atoms with Crippen LogP contribution in [0.5, 0.6) is 5.75 Å². The average molecular weight is 322 g/mol. The molecule has 1 amide bonds. The van der Waals surface area contributed by atoms with Crippen molar-refractivity contribution in [2.45, 2.75) is 13.3 Å². The van der Waals surface area contributed by atoms with E-state index in [2.05, 4.69) is 15.9 Å². The van der Waals surface area contributed by atoms with Gasteiger partial charge in [0.1, 0.15) is 5.75 Å². The van der Waals surface area contributed by atoms with Gasteiger partial charge in [0.2, 0.25) is 0 Å². The third-order valence-corrected chi connectivity index (χ3v) is 2.74. The average Bonchev–Trinajstić information content (AvgIpc) is 2.30. The Morgan fingerprint density at radius 3 is 2.72 bits per heavy atom. The Morgan fingerprint density at radius 2 is 2.17 bits per heavy atom. The van der Waals surface area contributed by atoms with Crippen molar-refractivity contribution in [3.05, 3.63) is 29.3 Å². The molecule has 0 aliphatic rings. The van der Waals surface area contributed by atoms with Crippen LogP contribution >= 0.6 is 15.9 Å². The second-order valence-electron chi connectivity index (χ2n) is 3.85. The van der Waals surface area contributed by atoms with Gasteiger partial charge in [-0.05, 0) is 19.1 Å². The fourth-order valence-electron chi connectivity index (χ4n) is 1.54. The van der Waals surface area contributed by atoms with Gasteiger partial charge in [-0.2, -0.15) is 0 Å². The van der Waals surface area contributed by atoms with Gasteiger partial charge < -0.3 is 10.0 Å². The van der Waals surface area contributed by atoms with Gasteiger partial charge in [-0.1, -0.05) is 27.6 Å². The molecule has 0 saturated heterocycles. The molecule has 0 aromatic heterocycles. The van der Waals surface area contributed by atoms with E-state index >= 15 is 0 Å². The van der Waals surface area contributed by atoms with E-state index in [1.165, 1.54) is 12.1 Å². The second-order valence-corrected chi connectivity index (χ2v) is 4.64. The van der Waals surface area contributed by atoms with E-state index in [-0.39, 0.29) is 17.9 Å². The third kappa shape index (κ3) is 3.94. The summed E-state index contributed by atoms with van der Waals surface area (Å²) in [7, 11) is 0. The normalized spacial score (nSPS) is 10.7. The fourth-order valence-corrected chi connectivity index (χ4v) is 1.96. The molecular formula is C12H14BrF2NO2. The van der Waals surface area contributed by atoms with E-state index in [1.807, 2.05) is 0 Å². The number of halogens is 3. The molecule has 0 fully saturated rings. The standard InChI is InChI=1S/C12H14BrF2NO2/c1-8-2-3-10(17)9(6-8)12(18)16(5-4-13)7-11(14)15/h2-3,6,11,17H,4-5,7H2,1H3. The van der Waals surface area contributed by atoms with Gasteiger partial charge in [0, 0.05) is 11.9 Å². The molecule has 1 rings (SSSR count). The molecule has 0 atom stereocenters. The minimum Gasteiger partial charge on any atom is -0.507 e. The van der Waals surface area contributed by atoms with Crippen LogP contribution < -0.4 is 0 Å². The molecule has 0 aliphatic heterocycles. The molecule has 0 aliphatic carbocycles. The number of phenols is 1. The molecule has 18 heavy (non-hydrogen) atoms. The van der Waals surface area contributed by atoms with Crippen molar-refractivity contribution in [2.24, 2.45) is 0 Å². The maximum absolute atomic E-state index is 12.4. The highest BCUT2D eigenvalue weighted by Crippen LogP contribution is 2.20. The van der Waals surface area contributed by atoms with Gasteiger partial charge in [-0.15, -0.1) is 0 Å². The minimum absolute atomic E-state index is 0.0524. The molecule has 1 aromatic carbocycles. The minimum atomic E-state index is -2.60. The highest BCUT2D eigenvalue weighted by Gasteiger charge is 2.21. The van der Waals surface area contributed by atoms with Gasteiger partial charge in [0.05, 0.1) is 12.1 Å². The van der Waals surface area contributed by atoms with Gasteiger partial charge in [-0.25, -0.2) is 8.78 Å². The van der Waals surface area contributed by atoms with Gasteiger partial charge in [0.15, 0.2) is 0 Å². The third-order valence-electron chi connectivity index (χ3n) is 2.38. The lowest BCUT2D eigenvalue weighted by Crippen LogP contribution is -2.36. The number of aromatic hydroxyl groups is 1. The van der Waals surface area contributed by atoms with Crippen molar-refractivity contribution in [1.29, 1.82) is 0 Å². The quantitative estimate of drug-likeness (QED) is 0.847. The van der Waals surface area contributed by atoms with Gasteiger partial charge in [0.25, 0.3) is 12.3 Å². The predicted octanol–water partition coefficient (Wildman–Crippen LogP) is 2.80. The van der Waals surface area contributed by atoms with Crippen molar-refractivity contribution in [2.75, 3.05) is 18.4 Å². The summed E-state index contributed by atoms with van der Waals surface area (Å²) in [5.74, 6) is -0.782. The zero-order valence-electron chi connectivity index (χ0n) is 9.87. The van der Waals surface area contributed by atoms with Crippen LogP contribution in [0.25, 0.3) is 0 Å². The summed E-state index contributed by atoms with van der Waals surface area (Å²) >= 11 is 3.11. The topological polar surface area (TPSA) is 40.5 Å². The summed E-state index contributed by atoms with van der Waals surface area (Å²) in [6.07, 6.45) is -2.60. The molecule has 0 bridgehead atoms. The van der Waals surface area contributed by atoms with Crippen molar-refractivity contribution < 1.29 is 18.7 Å². The molecule has 0 heterocycles. The first-order chi connectivity index (χ1) is 8.45. The molecule has 3 nitrogen and oxygen atoms in total. The number of amides is 1. The van der Waals surface area contributed by atoms with Crippen molar-refractivity contribution >= 4 is 21.8 Å². The Morgan fingerprint density at radius 1 is 1.50 bits per heavy atom. The van der Waals surface area contributed by atoms with Gasteiger partial charge in [-0.3, -0.25) is 4.79 Å². The molecule has 0 radical (unpaired) electrons. The second kappa shape index (κ2) is 6.68. The lowest BCUT2D eigenvalue weighted by atomic mass is 10.1. The number of phenolic OH excluding ortho intramolecular Hbond substituents is 1. The fraction of sp³-hybridized carbons (Fsp3) is 0.417. The molecule has 0 saturated carbocycles. The summed E-state index contributed by atoms with van der Waals surface area (Å²) in [6, 6.07) is 4.52. The van der Waals surface area contributed by atoms with Crippen LogP contribution in [0, 0.1) is 6.92 Å². The number of carbonyl (C=O) groups excluding carboxylic acids is 1. The molecule has 0 unspecified atom stereocenters. The van der Waals surface area contributed by atoms with E-state index in [1.54, 1.807) is 13.0 Å². The Hall–Kier alpha value is -1.17. The molecule has 6 heteroatoms. The summed E-state index contributed by atoms with van der Waals surface area (Å²) in [5, 5.41) is 10.0. The maximum Gasteiger partial charge on any atom is 0.257 e. The zero-order valence-corrected chi connectivity index (χ0v) is 11.5. The Labute approximate surface area is 113 Å². The van der Waals surface area contributed by atoms with Crippen LogP contribution in [-0.4, -0.2) is 40.8 Å². The molecular weight excluding hydrogens is 308 g/mol. The SMILES string of the molecule is Cc1ccc(O)c(C(=O)N(CCBr)CC(F)F)c1. The van der Waals surface area contributed by atoms with Crippen molar-refractivity contribution in [3.8, 4) is 5.75 Å². The number of hydrogen-bond acceptors (Lipinski definition) is 2. The maximum atomic E-state index is 12.4. The van der Waals surface area contributed by atoms with Crippen LogP contribution in [-0.2, 0) is 0 Å². The molecule has 1 aromatic rings. The van der Waals surface area contributed by atoms with E-state index in [0.717, 1.165) is 10.5 Å². The van der Waals surface area contributed by atoms with Gasteiger partial charge >= 0.3 is 0 Å². The monoisotopic (exact) mass is 321 g/mol. The number of rotatable bonds is 5. The lowest BCUT2D eigenvalue weighted by molar-refractivity contribution is 0.0570. The first kappa shape index (κ1) is 14.9. The number of nitrogens with zero attached hydrogens (tertiary/aromatic N) is 1. The number of benzene rings is 1. The number of hydrogen-bond donors (Lipinski definition) is 1. The Balaban J connectivity index is 2.97. The van der Waals surface area contributed by atoms with Crippen LogP contribution in [0.15, 0.2) is 18.2 Å². The molecule has 100 valence electrons. The predicted molar refractivity (Wildman–Crippen MR) is 68.5 cm³/mol. The first-order valence-electron chi connectivity index (χ1n) is 5.38. The van der Waals surface area contributed by atoms with E-state index in [0.29, 0.717) is 5.33 Å². The van der Waals surface area contributed by atoms with Crippen molar-refractivity contribution in [1.82, 2.24) is 4.90 Å². The van der Waals surface area contributed by atoms with E-state index in [4.69, 9.17) is 0 Å². The number of alkyl halides is 3. The number of carbonyl (C=O) groups is 1. The zero-order chi connectivity index (χ0) is 13.7.